The molecule has 5 heteroatoms. The minimum absolute atomic E-state index is 0.0289. The molecule has 0 amide bonds. The van der Waals surface area contributed by atoms with Gasteiger partial charge in [-0.15, -0.1) is 0 Å². The normalized spacial score (nSPS) is 10.8. The second kappa shape index (κ2) is 4.58. The Balaban J connectivity index is 2.38. The summed E-state index contributed by atoms with van der Waals surface area (Å²) in [7, 11) is 0. The maximum Gasteiger partial charge on any atom is 0.336 e. The Kier molecular flexibility index (Phi) is 2.88. The first-order valence-corrected chi connectivity index (χ1v) is 6.25. The van der Waals surface area contributed by atoms with Gasteiger partial charge in [-0.1, -0.05) is 17.7 Å². The molecular formula is C15H10ClNO3. The zero-order valence-corrected chi connectivity index (χ0v) is 11.0. The molecule has 2 aromatic carbocycles. The first-order valence-electron chi connectivity index (χ1n) is 5.87. The van der Waals surface area contributed by atoms with Gasteiger partial charge in [-0.3, -0.25) is 0 Å². The van der Waals surface area contributed by atoms with Crippen molar-refractivity contribution in [1.29, 1.82) is 0 Å². The lowest BCUT2D eigenvalue weighted by Gasteiger charge is -2.08. The summed E-state index contributed by atoms with van der Waals surface area (Å²) in [5.74, 6) is 0.0289. The third kappa shape index (κ3) is 2.10. The fourth-order valence-corrected chi connectivity index (χ4v) is 2.41. The van der Waals surface area contributed by atoms with Gasteiger partial charge >= 0.3 is 5.63 Å². The van der Waals surface area contributed by atoms with E-state index in [0.29, 0.717) is 32.8 Å². The number of phenols is 1. The SMILES string of the molecule is Nc1ccc(-c2cc(=O)oc3cc(O)ccc23)c(Cl)c1. The molecule has 100 valence electrons. The minimum Gasteiger partial charge on any atom is -0.508 e. The molecule has 20 heavy (non-hydrogen) atoms. The highest BCUT2D eigenvalue weighted by Gasteiger charge is 2.11. The van der Waals surface area contributed by atoms with Crippen LogP contribution in [0.3, 0.4) is 0 Å². The van der Waals surface area contributed by atoms with Crippen LogP contribution in [-0.4, -0.2) is 5.11 Å². The van der Waals surface area contributed by atoms with Gasteiger partial charge in [0.25, 0.3) is 0 Å². The summed E-state index contributed by atoms with van der Waals surface area (Å²) in [6.07, 6.45) is 0. The summed E-state index contributed by atoms with van der Waals surface area (Å²) in [4.78, 5) is 11.7. The first kappa shape index (κ1) is 12.6. The molecule has 0 saturated carbocycles. The Hall–Kier alpha value is -2.46. The molecule has 0 aliphatic carbocycles. The lowest BCUT2D eigenvalue weighted by molar-refractivity contribution is 0.473. The van der Waals surface area contributed by atoms with Crippen LogP contribution in [0.4, 0.5) is 5.69 Å². The van der Waals surface area contributed by atoms with Gasteiger partial charge in [0.2, 0.25) is 0 Å². The lowest BCUT2D eigenvalue weighted by Crippen LogP contribution is -1.98. The molecule has 0 atom stereocenters. The van der Waals surface area contributed by atoms with E-state index in [2.05, 4.69) is 0 Å². The van der Waals surface area contributed by atoms with Gasteiger partial charge in [-0.2, -0.15) is 0 Å². The highest BCUT2D eigenvalue weighted by atomic mass is 35.5. The number of halogens is 1. The summed E-state index contributed by atoms with van der Waals surface area (Å²) in [6.45, 7) is 0. The van der Waals surface area contributed by atoms with Crippen LogP contribution in [0.2, 0.25) is 5.02 Å². The van der Waals surface area contributed by atoms with Gasteiger partial charge in [-0.25, -0.2) is 4.79 Å². The van der Waals surface area contributed by atoms with E-state index >= 15 is 0 Å². The Morgan fingerprint density at radius 1 is 1.05 bits per heavy atom. The van der Waals surface area contributed by atoms with E-state index < -0.39 is 5.63 Å². The zero-order valence-electron chi connectivity index (χ0n) is 10.3. The Labute approximate surface area is 119 Å². The van der Waals surface area contributed by atoms with E-state index in [-0.39, 0.29) is 5.75 Å². The highest BCUT2D eigenvalue weighted by molar-refractivity contribution is 6.34. The molecule has 1 heterocycles. The number of anilines is 1. The van der Waals surface area contributed by atoms with Crippen LogP contribution in [-0.2, 0) is 0 Å². The Morgan fingerprint density at radius 3 is 2.60 bits per heavy atom. The Morgan fingerprint density at radius 2 is 1.85 bits per heavy atom. The third-order valence-corrected chi connectivity index (χ3v) is 3.32. The summed E-state index contributed by atoms with van der Waals surface area (Å²) >= 11 is 6.19. The van der Waals surface area contributed by atoms with E-state index in [1.165, 1.54) is 18.2 Å². The second-order valence-corrected chi connectivity index (χ2v) is 4.81. The van der Waals surface area contributed by atoms with Gasteiger partial charge in [0.05, 0.1) is 5.02 Å². The largest absolute Gasteiger partial charge is 0.508 e. The van der Waals surface area contributed by atoms with Crippen molar-refractivity contribution < 1.29 is 9.52 Å². The summed E-state index contributed by atoms with van der Waals surface area (Å²) in [5.41, 5.74) is 7.34. The van der Waals surface area contributed by atoms with Gasteiger partial charge in [-0.05, 0) is 24.3 Å². The average Bonchev–Trinajstić information content (AvgIpc) is 2.37. The van der Waals surface area contributed by atoms with Crippen molar-refractivity contribution in [3.63, 3.8) is 0 Å². The molecule has 1 aromatic heterocycles. The van der Waals surface area contributed by atoms with Crippen LogP contribution >= 0.6 is 11.6 Å². The molecule has 0 aliphatic heterocycles. The number of nitrogens with two attached hydrogens (primary N) is 1. The summed E-state index contributed by atoms with van der Waals surface area (Å²) in [5, 5.41) is 10.6. The molecule has 0 aliphatic rings. The van der Waals surface area contributed by atoms with E-state index in [1.807, 2.05) is 0 Å². The van der Waals surface area contributed by atoms with Crippen LogP contribution < -0.4 is 11.4 Å². The highest BCUT2D eigenvalue weighted by Crippen LogP contribution is 2.34. The number of rotatable bonds is 1. The summed E-state index contributed by atoms with van der Waals surface area (Å²) < 4.78 is 5.08. The van der Waals surface area contributed by atoms with Crippen molar-refractivity contribution in [2.24, 2.45) is 0 Å². The topological polar surface area (TPSA) is 76.5 Å². The number of aromatic hydroxyl groups is 1. The predicted octanol–water partition coefficient (Wildman–Crippen LogP) is 3.40. The molecule has 0 saturated heterocycles. The van der Waals surface area contributed by atoms with Crippen LogP contribution in [0.15, 0.2) is 51.7 Å². The fraction of sp³-hybridized carbons (Fsp3) is 0. The minimum atomic E-state index is -0.508. The smallest absolute Gasteiger partial charge is 0.336 e. The number of fused-ring (bicyclic) bond motifs is 1. The van der Waals surface area contributed by atoms with Crippen LogP contribution in [0.1, 0.15) is 0 Å². The number of phenolic OH excluding ortho intramolecular Hbond substituents is 1. The number of hydrogen-bond donors (Lipinski definition) is 2. The molecule has 0 fully saturated rings. The standard InChI is InChI=1S/C15H10ClNO3/c16-13-5-8(17)1-3-10(13)12-7-15(19)20-14-6-9(18)2-4-11(12)14/h1-7,18H,17H2. The van der Waals surface area contributed by atoms with E-state index in [4.69, 9.17) is 21.8 Å². The van der Waals surface area contributed by atoms with E-state index in [9.17, 15) is 9.90 Å². The fourth-order valence-electron chi connectivity index (χ4n) is 2.12. The molecule has 4 nitrogen and oxygen atoms in total. The molecule has 0 unspecified atom stereocenters. The number of benzene rings is 2. The predicted molar refractivity (Wildman–Crippen MR) is 79.0 cm³/mol. The van der Waals surface area contributed by atoms with Gasteiger partial charge in [0, 0.05) is 34.3 Å². The number of hydrogen-bond acceptors (Lipinski definition) is 4. The maximum atomic E-state index is 11.7. The molecule has 0 bridgehead atoms. The average molecular weight is 288 g/mol. The molecule has 3 N–H and O–H groups in total. The number of nitrogen functional groups attached to an aromatic ring is 1. The molecule has 0 spiro atoms. The van der Waals surface area contributed by atoms with E-state index in [0.717, 1.165) is 0 Å². The molecule has 3 rings (SSSR count). The second-order valence-electron chi connectivity index (χ2n) is 4.40. The lowest BCUT2D eigenvalue weighted by atomic mass is 10.0. The van der Waals surface area contributed by atoms with Crippen molar-refractivity contribution in [2.45, 2.75) is 0 Å². The molecule has 0 radical (unpaired) electrons. The van der Waals surface area contributed by atoms with E-state index in [1.54, 1.807) is 24.3 Å². The molecule has 3 aromatic rings. The quantitative estimate of drug-likeness (QED) is 0.531. The van der Waals surface area contributed by atoms with Crippen molar-refractivity contribution >= 4 is 28.3 Å². The summed E-state index contributed by atoms with van der Waals surface area (Å²) in [6, 6.07) is 11.0. The van der Waals surface area contributed by atoms with Crippen LogP contribution in [0, 0.1) is 0 Å². The Bertz CT molecular complexity index is 871. The van der Waals surface area contributed by atoms with Crippen LogP contribution in [0.5, 0.6) is 5.75 Å². The maximum absolute atomic E-state index is 11.7. The third-order valence-electron chi connectivity index (χ3n) is 3.01. The van der Waals surface area contributed by atoms with Crippen molar-refractivity contribution in [2.75, 3.05) is 5.73 Å². The van der Waals surface area contributed by atoms with Crippen LogP contribution in [0.25, 0.3) is 22.1 Å². The van der Waals surface area contributed by atoms with Crippen molar-refractivity contribution in [3.05, 3.63) is 57.9 Å². The zero-order chi connectivity index (χ0) is 14.3. The first-order chi connectivity index (χ1) is 9.54. The van der Waals surface area contributed by atoms with Crippen molar-refractivity contribution in [3.8, 4) is 16.9 Å². The monoisotopic (exact) mass is 287 g/mol. The van der Waals surface area contributed by atoms with Gasteiger partial charge < -0.3 is 15.3 Å². The van der Waals surface area contributed by atoms with Gasteiger partial charge in [0.15, 0.2) is 0 Å². The molecular weight excluding hydrogens is 278 g/mol. The van der Waals surface area contributed by atoms with Gasteiger partial charge in [0.1, 0.15) is 11.3 Å². The van der Waals surface area contributed by atoms with Crippen molar-refractivity contribution in [1.82, 2.24) is 0 Å².